The molecule has 0 saturated heterocycles. The second-order valence-corrected chi connectivity index (χ2v) is 7.36. The summed E-state index contributed by atoms with van der Waals surface area (Å²) in [7, 11) is 0. The molecule has 5 heteroatoms. The molecule has 5 nitrogen and oxygen atoms in total. The molecule has 0 saturated carbocycles. The Morgan fingerprint density at radius 3 is 1.96 bits per heavy atom. The van der Waals surface area contributed by atoms with Crippen LogP contribution in [0.15, 0.2) is 48.5 Å². The molecule has 0 aliphatic rings. The fourth-order valence-electron chi connectivity index (χ4n) is 2.54. The van der Waals surface area contributed by atoms with Crippen molar-refractivity contribution in [3.8, 4) is 0 Å². The van der Waals surface area contributed by atoms with Gasteiger partial charge in [0.25, 0.3) is 5.91 Å². The van der Waals surface area contributed by atoms with Gasteiger partial charge in [-0.2, -0.15) is 0 Å². The van der Waals surface area contributed by atoms with Crippen LogP contribution in [0, 0.1) is 5.92 Å². The summed E-state index contributed by atoms with van der Waals surface area (Å²) < 4.78 is 0. The van der Waals surface area contributed by atoms with E-state index >= 15 is 0 Å². The quantitative estimate of drug-likeness (QED) is 0.695. The first-order chi connectivity index (χ1) is 12.8. The lowest BCUT2D eigenvalue weighted by molar-refractivity contribution is -0.118. The highest BCUT2D eigenvalue weighted by Gasteiger charge is 2.11. The lowest BCUT2D eigenvalue weighted by Gasteiger charge is -2.15. The van der Waals surface area contributed by atoms with Crippen LogP contribution in [0.25, 0.3) is 0 Å². The number of anilines is 1. The summed E-state index contributed by atoms with van der Waals surface area (Å²) in [6, 6.07) is 14.7. The molecule has 0 aromatic heterocycles. The molecule has 2 rings (SSSR count). The summed E-state index contributed by atoms with van der Waals surface area (Å²) in [6.07, 6.45) is 0. The topological polar surface area (TPSA) is 84.2 Å². The number of hydrogen-bond donors (Lipinski definition) is 3. The van der Waals surface area contributed by atoms with Crippen molar-refractivity contribution >= 4 is 17.5 Å². The summed E-state index contributed by atoms with van der Waals surface area (Å²) in [4.78, 5) is 24.0. The molecular formula is C22H29N3O2. The molecule has 0 radical (unpaired) electrons. The molecule has 1 unspecified atom stereocenters. The van der Waals surface area contributed by atoms with Gasteiger partial charge in [-0.1, -0.05) is 52.0 Å². The van der Waals surface area contributed by atoms with Gasteiger partial charge in [0, 0.05) is 29.8 Å². The second-order valence-electron chi connectivity index (χ2n) is 7.36. The van der Waals surface area contributed by atoms with E-state index < -0.39 is 0 Å². The van der Waals surface area contributed by atoms with Crippen molar-refractivity contribution in [1.82, 2.24) is 5.32 Å². The van der Waals surface area contributed by atoms with Crippen LogP contribution >= 0.6 is 0 Å². The summed E-state index contributed by atoms with van der Waals surface area (Å²) in [5.41, 5.74) is 9.65. The third-order valence-corrected chi connectivity index (χ3v) is 4.45. The first kappa shape index (κ1) is 20.6. The molecule has 144 valence electrons. The molecule has 0 bridgehead atoms. The predicted octanol–water partition coefficient (Wildman–Crippen LogP) is 3.83. The van der Waals surface area contributed by atoms with E-state index in [1.165, 1.54) is 5.56 Å². The zero-order chi connectivity index (χ0) is 20.0. The van der Waals surface area contributed by atoms with E-state index in [0.717, 1.165) is 5.56 Å². The number of carbonyl (C=O) groups excluding carboxylic acids is 2. The maximum atomic E-state index is 12.3. The fraction of sp³-hybridized carbons (Fsp3) is 0.364. The van der Waals surface area contributed by atoms with Gasteiger partial charge < -0.3 is 16.4 Å². The Labute approximate surface area is 161 Å². The van der Waals surface area contributed by atoms with E-state index in [4.69, 9.17) is 5.73 Å². The maximum absolute atomic E-state index is 12.3. The first-order valence-corrected chi connectivity index (χ1v) is 9.32. The number of nitrogens with two attached hydrogens (primary N) is 1. The Morgan fingerprint density at radius 1 is 0.889 bits per heavy atom. The average Bonchev–Trinajstić information content (AvgIpc) is 2.66. The van der Waals surface area contributed by atoms with Crippen molar-refractivity contribution in [3.05, 3.63) is 65.2 Å². The van der Waals surface area contributed by atoms with Crippen molar-refractivity contribution in [2.75, 3.05) is 11.9 Å². The molecule has 2 amide bonds. The minimum absolute atomic E-state index is 0.0540. The fourth-order valence-corrected chi connectivity index (χ4v) is 2.54. The van der Waals surface area contributed by atoms with E-state index in [-0.39, 0.29) is 23.8 Å². The molecule has 1 atom stereocenters. The third kappa shape index (κ3) is 5.93. The molecule has 4 N–H and O–H groups in total. The number of carbonyl (C=O) groups is 2. The lowest BCUT2D eigenvalue weighted by atomic mass is 9.99. The van der Waals surface area contributed by atoms with Crippen LogP contribution in [-0.2, 0) is 4.79 Å². The highest BCUT2D eigenvalue weighted by molar-refractivity contribution is 5.96. The van der Waals surface area contributed by atoms with Crippen molar-refractivity contribution < 1.29 is 9.59 Å². The van der Waals surface area contributed by atoms with Gasteiger partial charge in [-0.25, -0.2) is 0 Å². The number of amides is 2. The first-order valence-electron chi connectivity index (χ1n) is 9.32. The van der Waals surface area contributed by atoms with Crippen LogP contribution in [0.3, 0.4) is 0 Å². The predicted molar refractivity (Wildman–Crippen MR) is 110 cm³/mol. The Morgan fingerprint density at radius 2 is 1.44 bits per heavy atom. The van der Waals surface area contributed by atoms with Crippen LogP contribution < -0.4 is 16.4 Å². The molecule has 2 aromatic carbocycles. The highest BCUT2D eigenvalue weighted by atomic mass is 16.2. The maximum Gasteiger partial charge on any atom is 0.251 e. The van der Waals surface area contributed by atoms with Crippen molar-refractivity contribution in [2.24, 2.45) is 11.7 Å². The van der Waals surface area contributed by atoms with Gasteiger partial charge in [-0.05, 0) is 41.3 Å². The summed E-state index contributed by atoms with van der Waals surface area (Å²) in [5.74, 6) is 0.139. The van der Waals surface area contributed by atoms with Gasteiger partial charge in [-0.15, -0.1) is 0 Å². The van der Waals surface area contributed by atoms with E-state index in [0.29, 0.717) is 23.7 Å². The van der Waals surface area contributed by atoms with E-state index in [2.05, 4.69) is 36.6 Å². The molecule has 27 heavy (non-hydrogen) atoms. The minimum atomic E-state index is -0.264. The van der Waals surface area contributed by atoms with Gasteiger partial charge >= 0.3 is 0 Å². The average molecular weight is 367 g/mol. The minimum Gasteiger partial charge on any atom is -0.350 e. The molecule has 0 fully saturated rings. The van der Waals surface area contributed by atoms with Gasteiger partial charge in [-0.3, -0.25) is 9.59 Å². The summed E-state index contributed by atoms with van der Waals surface area (Å²) in [5, 5.41) is 5.66. The van der Waals surface area contributed by atoms with Gasteiger partial charge in [0.05, 0.1) is 0 Å². The van der Waals surface area contributed by atoms with E-state index in [1.807, 2.05) is 26.0 Å². The molecular weight excluding hydrogens is 338 g/mol. The van der Waals surface area contributed by atoms with Crippen LogP contribution in [0.2, 0.25) is 0 Å². The zero-order valence-electron chi connectivity index (χ0n) is 16.5. The monoisotopic (exact) mass is 367 g/mol. The molecule has 0 aliphatic carbocycles. The third-order valence-electron chi connectivity index (χ3n) is 4.45. The second kappa shape index (κ2) is 9.33. The van der Waals surface area contributed by atoms with E-state index in [9.17, 15) is 9.59 Å². The Kier molecular flexibility index (Phi) is 7.13. The number of rotatable bonds is 7. The lowest BCUT2D eigenvalue weighted by Crippen LogP contribution is -2.31. The van der Waals surface area contributed by atoms with E-state index in [1.54, 1.807) is 24.3 Å². The molecule has 0 spiro atoms. The summed E-state index contributed by atoms with van der Waals surface area (Å²) in [6.45, 7) is 8.31. The van der Waals surface area contributed by atoms with Gasteiger partial charge in [0.15, 0.2) is 0 Å². The number of hydrogen-bond acceptors (Lipinski definition) is 3. The summed E-state index contributed by atoms with van der Waals surface area (Å²) >= 11 is 0. The standard InChI is InChI=1S/C22H29N3O2/c1-14(2)16-5-7-17(8-6-16)20(23)13-24-22(27)18-9-11-19(12-10-18)25-21(26)15(3)4/h5-12,14-15,20H,13,23H2,1-4H3,(H,24,27)(H,25,26). The number of nitrogens with one attached hydrogen (secondary N) is 2. The van der Waals surface area contributed by atoms with Crippen LogP contribution in [-0.4, -0.2) is 18.4 Å². The largest absolute Gasteiger partial charge is 0.350 e. The van der Waals surface area contributed by atoms with Crippen molar-refractivity contribution in [3.63, 3.8) is 0 Å². The van der Waals surface area contributed by atoms with Crippen molar-refractivity contribution in [1.29, 1.82) is 0 Å². The molecule has 2 aromatic rings. The van der Waals surface area contributed by atoms with Crippen LogP contribution in [0.5, 0.6) is 0 Å². The van der Waals surface area contributed by atoms with Gasteiger partial charge in [0.2, 0.25) is 5.91 Å². The SMILES string of the molecule is CC(C)C(=O)Nc1ccc(C(=O)NCC(N)c2ccc(C(C)C)cc2)cc1. The molecule has 0 heterocycles. The number of benzene rings is 2. The normalized spacial score (nSPS) is 12.1. The Hall–Kier alpha value is -2.66. The zero-order valence-corrected chi connectivity index (χ0v) is 16.5. The van der Waals surface area contributed by atoms with Crippen LogP contribution in [0.1, 0.15) is 61.1 Å². The molecule has 0 aliphatic heterocycles. The van der Waals surface area contributed by atoms with Crippen molar-refractivity contribution in [2.45, 2.75) is 39.7 Å². The smallest absolute Gasteiger partial charge is 0.251 e. The highest BCUT2D eigenvalue weighted by Crippen LogP contribution is 2.17. The Bertz CT molecular complexity index is 765. The van der Waals surface area contributed by atoms with Gasteiger partial charge in [0.1, 0.15) is 0 Å². The van der Waals surface area contributed by atoms with Crippen LogP contribution in [0.4, 0.5) is 5.69 Å². The Balaban J connectivity index is 1.90.